The van der Waals surface area contributed by atoms with Crippen molar-refractivity contribution in [3.05, 3.63) is 34.6 Å². The molecular formula is C24H30ClN11S. The molecule has 194 valence electrons. The lowest BCUT2D eigenvalue weighted by Gasteiger charge is -2.42. The van der Waals surface area contributed by atoms with Gasteiger partial charge in [-0.25, -0.2) is 9.97 Å². The summed E-state index contributed by atoms with van der Waals surface area (Å²) in [6, 6.07) is 4.72. The van der Waals surface area contributed by atoms with Crippen LogP contribution in [-0.4, -0.2) is 91.9 Å². The predicted octanol–water partition coefficient (Wildman–Crippen LogP) is 3.17. The normalized spacial score (nSPS) is 18.1. The van der Waals surface area contributed by atoms with Crippen LogP contribution in [0.15, 0.2) is 23.7 Å². The number of hydrogen-bond acceptors (Lipinski definition) is 11. The molecule has 13 heteroatoms. The number of pyridine rings is 1. The Kier molecular flexibility index (Phi) is 6.57. The minimum Gasteiger partial charge on any atom is -0.368 e. The van der Waals surface area contributed by atoms with Crippen LogP contribution in [0.4, 0.5) is 23.4 Å². The maximum absolute atomic E-state index is 6.19. The van der Waals surface area contributed by atoms with Gasteiger partial charge in [0.25, 0.3) is 0 Å². The summed E-state index contributed by atoms with van der Waals surface area (Å²) >= 11 is 7.69. The van der Waals surface area contributed by atoms with E-state index in [1.807, 2.05) is 24.4 Å². The summed E-state index contributed by atoms with van der Waals surface area (Å²) in [6.45, 7) is 8.72. The average molecular weight is 540 g/mol. The molecule has 6 rings (SSSR count). The second-order valence-electron chi connectivity index (χ2n) is 9.71. The van der Waals surface area contributed by atoms with E-state index in [0.717, 1.165) is 40.4 Å². The van der Waals surface area contributed by atoms with Crippen molar-refractivity contribution < 1.29 is 0 Å². The zero-order valence-electron chi connectivity index (χ0n) is 20.9. The zero-order chi connectivity index (χ0) is 25.5. The molecule has 0 aromatic carbocycles. The Labute approximate surface area is 224 Å². The van der Waals surface area contributed by atoms with Crippen molar-refractivity contribution in [3.8, 4) is 5.82 Å². The lowest BCUT2D eigenvalue weighted by Crippen LogP contribution is -2.52. The number of aromatic nitrogens is 6. The van der Waals surface area contributed by atoms with E-state index < -0.39 is 0 Å². The van der Waals surface area contributed by atoms with Crippen molar-refractivity contribution in [1.82, 2.24) is 39.5 Å². The number of nitrogen functional groups attached to an aromatic ring is 1. The largest absolute Gasteiger partial charge is 0.368 e. The summed E-state index contributed by atoms with van der Waals surface area (Å²) in [5.41, 5.74) is 8.79. The van der Waals surface area contributed by atoms with Gasteiger partial charge in [0.2, 0.25) is 17.2 Å². The van der Waals surface area contributed by atoms with Crippen LogP contribution in [0.1, 0.15) is 18.4 Å². The van der Waals surface area contributed by atoms with Gasteiger partial charge < -0.3 is 20.9 Å². The Morgan fingerprint density at radius 3 is 2.57 bits per heavy atom. The minimum atomic E-state index is 0.140. The first-order valence-corrected chi connectivity index (χ1v) is 13.8. The Morgan fingerprint density at radius 1 is 1.05 bits per heavy atom. The molecule has 0 saturated carbocycles. The molecule has 0 atom stereocenters. The van der Waals surface area contributed by atoms with E-state index >= 15 is 0 Å². The number of rotatable bonds is 5. The predicted molar refractivity (Wildman–Crippen MR) is 148 cm³/mol. The van der Waals surface area contributed by atoms with Gasteiger partial charge in [-0.3, -0.25) is 4.90 Å². The molecule has 2 fully saturated rings. The van der Waals surface area contributed by atoms with Crippen molar-refractivity contribution in [2.75, 3.05) is 62.3 Å². The molecule has 6 heterocycles. The summed E-state index contributed by atoms with van der Waals surface area (Å²) in [5.74, 6) is 2.07. The van der Waals surface area contributed by atoms with Gasteiger partial charge in [-0.15, -0.1) is 16.4 Å². The van der Waals surface area contributed by atoms with Crippen LogP contribution >= 0.6 is 22.9 Å². The van der Waals surface area contributed by atoms with Gasteiger partial charge >= 0.3 is 0 Å². The highest BCUT2D eigenvalue weighted by Gasteiger charge is 2.27. The smallest absolute Gasteiger partial charge is 0.248 e. The van der Waals surface area contributed by atoms with Gasteiger partial charge in [-0.05, 0) is 61.5 Å². The molecule has 4 aromatic rings. The molecule has 0 spiro atoms. The number of aryl methyl sites for hydroxylation is 1. The number of likely N-dealkylation sites (N-methyl/N-ethyl adjacent to an activating group) is 1. The van der Waals surface area contributed by atoms with Crippen molar-refractivity contribution >= 4 is 56.6 Å². The third-order valence-electron chi connectivity index (χ3n) is 7.23. The molecule has 3 N–H and O–H groups in total. The second-order valence-corrected chi connectivity index (χ2v) is 10.9. The third-order valence-corrected chi connectivity index (χ3v) is 8.48. The third kappa shape index (κ3) is 4.93. The van der Waals surface area contributed by atoms with Crippen LogP contribution in [0.5, 0.6) is 0 Å². The van der Waals surface area contributed by atoms with E-state index in [2.05, 4.69) is 47.1 Å². The quantitative estimate of drug-likeness (QED) is 0.366. The topological polar surface area (TPSA) is 117 Å². The molecule has 2 saturated heterocycles. The second kappa shape index (κ2) is 10.0. The maximum Gasteiger partial charge on any atom is 0.248 e. The molecule has 0 bridgehead atoms. The van der Waals surface area contributed by atoms with Crippen LogP contribution in [0.3, 0.4) is 0 Å². The van der Waals surface area contributed by atoms with E-state index in [1.54, 1.807) is 6.20 Å². The summed E-state index contributed by atoms with van der Waals surface area (Å²) < 4.78 is 2.34. The molecule has 4 aromatic heterocycles. The number of nitrogens with zero attached hydrogens (tertiary/aromatic N) is 9. The van der Waals surface area contributed by atoms with Gasteiger partial charge in [0.15, 0.2) is 5.82 Å². The number of nitrogens with one attached hydrogen (secondary N) is 1. The van der Waals surface area contributed by atoms with Crippen LogP contribution in [0.2, 0.25) is 5.28 Å². The minimum absolute atomic E-state index is 0.140. The van der Waals surface area contributed by atoms with Crippen molar-refractivity contribution in [2.45, 2.75) is 25.8 Å². The Balaban J connectivity index is 1.12. The highest BCUT2D eigenvalue weighted by Crippen LogP contribution is 2.31. The van der Waals surface area contributed by atoms with Crippen molar-refractivity contribution in [2.24, 2.45) is 0 Å². The number of anilines is 4. The number of piperidine rings is 1. The SMILES string of the molecule is Cc1csc2c(-n3nc(Nc4ccc(N5CCC(N6CCN(C)CC6)CC5)nc4)nc3N)nc(Cl)nc12. The number of nitrogens with two attached hydrogens (primary N) is 1. The van der Waals surface area contributed by atoms with E-state index in [4.69, 9.17) is 22.3 Å². The summed E-state index contributed by atoms with van der Waals surface area (Å²) in [7, 11) is 2.21. The number of piperazine rings is 1. The summed E-state index contributed by atoms with van der Waals surface area (Å²) in [5, 5.41) is 9.87. The van der Waals surface area contributed by atoms with E-state index in [1.165, 1.54) is 55.0 Å². The first-order valence-electron chi connectivity index (χ1n) is 12.5. The molecule has 0 radical (unpaired) electrons. The number of hydrogen-bond donors (Lipinski definition) is 2. The molecule has 0 aliphatic carbocycles. The summed E-state index contributed by atoms with van der Waals surface area (Å²) in [4.78, 5) is 25.2. The molecule has 2 aliphatic heterocycles. The maximum atomic E-state index is 6.19. The number of thiophene rings is 1. The van der Waals surface area contributed by atoms with Crippen LogP contribution in [0.25, 0.3) is 16.0 Å². The fourth-order valence-corrected chi connectivity index (χ4v) is 6.22. The fourth-order valence-electron chi connectivity index (χ4n) is 5.09. The Morgan fingerprint density at radius 2 is 1.84 bits per heavy atom. The van der Waals surface area contributed by atoms with Crippen LogP contribution in [0, 0.1) is 6.92 Å². The molecule has 37 heavy (non-hydrogen) atoms. The van der Waals surface area contributed by atoms with E-state index in [9.17, 15) is 0 Å². The molecule has 2 aliphatic rings. The van der Waals surface area contributed by atoms with Crippen molar-refractivity contribution in [3.63, 3.8) is 0 Å². The average Bonchev–Trinajstić information content (AvgIpc) is 3.46. The standard InChI is InChI=1S/C24H30ClN11S/c1-15-14-37-20-19(15)29-22(25)30-21(20)36-23(26)31-24(32-36)28-16-3-4-18(27-13-16)35-7-5-17(6-8-35)34-11-9-33(2)10-12-34/h3-4,13-14,17H,5-12H2,1-2H3,(H3,26,28,31,32). The lowest BCUT2D eigenvalue weighted by atomic mass is 10.0. The Bertz CT molecular complexity index is 1390. The first kappa shape index (κ1) is 24.3. The molecule has 11 nitrogen and oxygen atoms in total. The molecular weight excluding hydrogens is 510 g/mol. The van der Waals surface area contributed by atoms with E-state index in [-0.39, 0.29) is 11.2 Å². The van der Waals surface area contributed by atoms with Gasteiger partial charge in [0.05, 0.1) is 22.1 Å². The van der Waals surface area contributed by atoms with Crippen LogP contribution < -0.4 is 16.0 Å². The monoisotopic (exact) mass is 539 g/mol. The zero-order valence-corrected chi connectivity index (χ0v) is 22.5. The number of halogens is 1. The molecule has 0 unspecified atom stereocenters. The number of fused-ring (bicyclic) bond motifs is 1. The van der Waals surface area contributed by atoms with E-state index in [0.29, 0.717) is 17.8 Å². The van der Waals surface area contributed by atoms with Gasteiger partial charge in [0, 0.05) is 45.3 Å². The lowest BCUT2D eigenvalue weighted by molar-refractivity contribution is 0.0981. The first-order chi connectivity index (χ1) is 17.9. The highest BCUT2D eigenvalue weighted by atomic mass is 35.5. The van der Waals surface area contributed by atoms with Gasteiger partial charge in [-0.1, -0.05) is 0 Å². The van der Waals surface area contributed by atoms with Gasteiger partial charge in [0.1, 0.15) is 5.82 Å². The highest BCUT2D eigenvalue weighted by molar-refractivity contribution is 7.17. The summed E-state index contributed by atoms with van der Waals surface area (Å²) in [6.07, 6.45) is 4.16. The van der Waals surface area contributed by atoms with Crippen LogP contribution in [-0.2, 0) is 0 Å². The Hall–Kier alpha value is -3.06. The van der Waals surface area contributed by atoms with Crippen molar-refractivity contribution in [1.29, 1.82) is 0 Å². The molecule has 0 amide bonds. The fraction of sp³-hybridized carbons (Fsp3) is 0.458. The van der Waals surface area contributed by atoms with Gasteiger partial charge in [-0.2, -0.15) is 14.6 Å².